The Morgan fingerprint density at radius 1 is 1.32 bits per heavy atom. The highest BCUT2D eigenvalue weighted by Crippen LogP contribution is 2.28. The lowest BCUT2D eigenvalue weighted by Crippen LogP contribution is -2.12. The van der Waals surface area contributed by atoms with E-state index >= 15 is 0 Å². The van der Waals surface area contributed by atoms with E-state index in [1.807, 2.05) is 0 Å². The van der Waals surface area contributed by atoms with Gasteiger partial charge in [0.1, 0.15) is 10.7 Å². The summed E-state index contributed by atoms with van der Waals surface area (Å²) in [4.78, 5) is 8.22. The second kappa shape index (κ2) is 5.64. The number of nitrogens with two attached hydrogens (primary N) is 1. The van der Waals surface area contributed by atoms with Crippen molar-refractivity contribution in [2.24, 2.45) is 5.73 Å². The van der Waals surface area contributed by atoms with Gasteiger partial charge in [0, 0.05) is 11.9 Å². The maximum absolute atomic E-state index is 13.3. The normalized spacial score (nSPS) is 10.3. The van der Waals surface area contributed by atoms with Gasteiger partial charge in [-0.15, -0.1) is 0 Å². The third-order valence-corrected chi connectivity index (χ3v) is 2.91. The van der Waals surface area contributed by atoms with Crippen LogP contribution in [-0.4, -0.2) is 15.0 Å². The molecule has 3 N–H and O–H groups in total. The van der Waals surface area contributed by atoms with Crippen LogP contribution in [0.2, 0.25) is 10.0 Å². The molecular formula is C11H7Cl2FN4S. The van der Waals surface area contributed by atoms with Gasteiger partial charge >= 0.3 is 0 Å². The zero-order valence-corrected chi connectivity index (χ0v) is 11.7. The minimum Gasteiger partial charge on any atom is -0.388 e. The summed E-state index contributed by atoms with van der Waals surface area (Å²) >= 11 is 16.2. The van der Waals surface area contributed by atoms with Gasteiger partial charge in [-0.2, -0.15) is 0 Å². The Bertz CT molecular complexity index is 627. The van der Waals surface area contributed by atoms with E-state index in [1.54, 1.807) is 6.07 Å². The van der Waals surface area contributed by atoms with Crippen molar-refractivity contribution in [3.05, 3.63) is 46.0 Å². The Morgan fingerprint density at radius 3 is 2.53 bits per heavy atom. The van der Waals surface area contributed by atoms with Gasteiger partial charge in [-0.1, -0.05) is 35.4 Å². The average Bonchev–Trinajstić information content (AvgIpc) is 2.36. The fourth-order valence-electron chi connectivity index (χ4n) is 1.31. The van der Waals surface area contributed by atoms with Crippen LogP contribution < -0.4 is 11.1 Å². The molecule has 0 saturated carbocycles. The lowest BCUT2D eigenvalue weighted by atomic mass is 10.3. The number of nitrogens with zero attached hydrogens (tertiary/aromatic N) is 2. The Labute approximate surface area is 123 Å². The molecule has 0 atom stereocenters. The van der Waals surface area contributed by atoms with Crippen molar-refractivity contribution in [2.45, 2.75) is 0 Å². The van der Waals surface area contributed by atoms with Crippen molar-refractivity contribution in [1.82, 2.24) is 9.97 Å². The van der Waals surface area contributed by atoms with Gasteiger partial charge in [-0.05, 0) is 18.2 Å². The van der Waals surface area contributed by atoms with Crippen molar-refractivity contribution in [3.8, 4) is 0 Å². The first-order chi connectivity index (χ1) is 8.97. The van der Waals surface area contributed by atoms with E-state index in [2.05, 4.69) is 15.3 Å². The lowest BCUT2D eigenvalue weighted by Gasteiger charge is -2.07. The monoisotopic (exact) mass is 316 g/mol. The van der Waals surface area contributed by atoms with Crippen molar-refractivity contribution < 1.29 is 4.39 Å². The Morgan fingerprint density at radius 2 is 1.95 bits per heavy atom. The van der Waals surface area contributed by atoms with Crippen LogP contribution in [0.3, 0.4) is 0 Å². The number of aromatic nitrogens is 2. The molecule has 1 aromatic carbocycles. The van der Waals surface area contributed by atoms with E-state index in [1.165, 1.54) is 18.3 Å². The predicted molar refractivity (Wildman–Crippen MR) is 77.6 cm³/mol. The molecule has 0 fully saturated rings. The molecule has 8 heteroatoms. The predicted octanol–water partition coefficient (Wildman–Crippen LogP) is 3.30. The summed E-state index contributed by atoms with van der Waals surface area (Å²) in [6.07, 6.45) is 1.50. The molecule has 0 radical (unpaired) electrons. The highest BCUT2D eigenvalue weighted by atomic mass is 35.5. The van der Waals surface area contributed by atoms with Crippen LogP contribution in [0.25, 0.3) is 0 Å². The molecule has 0 saturated heterocycles. The van der Waals surface area contributed by atoms with E-state index in [4.69, 9.17) is 41.2 Å². The molecule has 1 heterocycles. The Hall–Kier alpha value is -1.50. The van der Waals surface area contributed by atoms with Crippen LogP contribution in [0, 0.1) is 5.82 Å². The number of halogens is 3. The van der Waals surface area contributed by atoms with Gasteiger partial charge in [0.25, 0.3) is 0 Å². The van der Waals surface area contributed by atoms with Crippen molar-refractivity contribution >= 4 is 52.0 Å². The summed E-state index contributed by atoms with van der Waals surface area (Å²) in [5.74, 6) is -0.421. The topological polar surface area (TPSA) is 63.8 Å². The van der Waals surface area contributed by atoms with Crippen molar-refractivity contribution in [2.75, 3.05) is 5.32 Å². The SMILES string of the molecule is NC(=S)c1ccnc(Nc2cc(Cl)c(F)c(Cl)c2)n1. The molecule has 0 spiro atoms. The fraction of sp³-hybridized carbons (Fsp3) is 0. The standard InChI is InChI=1S/C11H7Cl2FN4S/c12-6-3-5(4-7(13)9(6)14)17-11-16-2-1-8(18-11)10(15)19/h1-4H,(H2,15,19)(H,16,17,18). The lowest BCUT2D eigenvalue weighted by molar-refractivity contribution is 0.629. The largest absolute Gasteiger partial charge is 0.388 e. The molecule has 4 nitrogen and oxygen atoms in total. The third-order valence-electron chi connectivity index (χ3n) is 2.15. The number of thiocarbonyl (C=S) groups is 1. The molecule has 98 valence electrons. The number of rotatable bonds is 3. The minimum absolute atomic E-state index is 0.0968. The van der Waals surface area contributed by atoms with Gasteiger partial charge in [0.2, 0.25) is 5.95 Å². The molecule has 0 bridgehead atoms. The Kier molecular flexibility index (Phi) is 4.14. The molecule has 1 aromatic heterocycles. The highest BCUT2D eigenvalue weighted by Gasteiger charge is 2.09. The van der Waals surface area contributed by atoms with Gasteiger partial charge in [0.05, 0.1) is 10.0 Å². The molecule has 0 aliphatic rings. The minimum atomic E-state index is -0.674. The smallest absolute Gasteiger partial charge is 0.227 e. The number of hydrogen-bond donors (Lipinski definition) is 2. The molecule has 0 amide bonds. The van der Waals surface area contributed by atoms with Crippen LogP contribution in [0.5, 0.6) is 0 Å². The third kappa shape index (κ3) is 3.28. The zero-order chi connectivity index (χ0) is 14.0. The van der Waals surface area contributed by atoms with Crippen LogP contribution in [0.15, 0.2) is 24.4 Å². The van der Waals surface area contributed by atoms with E-state index in [0.717, 1.165) is 0 Å². The second-order valence-corrected chi connectivity index (χ2v) is 4.76. The summed E-state index contributed by atoms with van der Waals surface area (Å²) < 4.78 is 13.3. The molecular weight excluding hydrogens is 310 g/mol. The highest BCUT2D eigenvalue weighted by molar-refractivity contribution is 7.80. The molecule has 0 unspecified atom stereocenters. The maximum atomic E-state index is 13.3. The van der Waals surface area contributed by atoms with Crippen molar-refractivity contribution in [1.29, 1.82) is 0 Å². The zero-order valence-electron chi connectivity index (χ0n) is 9.32. The van der Waals surface area contributed by atoms with Crippen LogP contribution in [0.4, 0.5) is 16.0 Å². The summed E-state index contributed by atoms with van der Waals surface area (Å²) in [5.41, 5.74) is 6.34. The first-order valence-electron chi connectivity index (χ1n) is 5.02. The number of benzene rings is 1. The van der Waals surface area contributed by atoms with E-state index in [9.17, 15) is 4.39 Å². The summed E-state index contributed by atoms with van der Waals surface area (Å²) in [7, 11) is 0. The van der Waals surface area contributed by atoms with E-state index in [0.29, 0.717) is 11.4 Å². The first kappa shape index (κ1) is 13.9. The van der Waals surface area contributed by atoms with Crippen LogP contribution >= 0.6 is 35.4 Å². The number of anilines is 2. The summed E-state index contributed by atoms with van der Waals surface area (Å²) in [6.45, 7) is 0. The molecule has 2 rings (SSSR count). The van der Waals surface area contributed by atoms with Gasteiger partial charge in [-0.25, -0.2) is 14.4 Å². The summed E-state index contributed by atoms with van der Waals surface area (Å²) in [5, 5.41) is 2.64. The fourth-order valence-corrected chi connectivity index (χ4v) is 1.91. The molecule has 0 aliphatic carbocycles. The van der Waals surface area contributed by atoms with Crippen LogP contribution in [0.1, 0.15) is 5.69 Å². The van der Waals surface area contributed by atoms with E-state index < -0.39 is 5.82 Å². The molecule has 19 heavy (non-hydrogen) atoms. The van der Waals surface area contributed by atoms with Gasteiger partial charge in [0.15, 0.2) is 5.82 Å². The Balaban J connectivity index is 2.31. The van der Waals surface area contributed by atoms with Crippen LogP contribution in [-0.2, 0) is 0 Å². The van der Waals surface area contributed by atoms with Crippen molar-refractivity contribution in [3.63, 3.8) is 0 Å². The summed E-state index contributed by atoms with van der Waals surface area (Å²) in [6, 6.07) is 4.33. The van der Waals surface area contributed by atoms with Gasteiger partial charge in [-0.3, -0.25) is 0 Å². The maximum Gasteiger partial charge on any atom is 0.227 e. The quantitative estimate of drug-likeness (QED) is 0.672. The average molecular weight is 317 g/mol. The van der Waals surface area contributed by atoms with Gasteiger partial charge < -0.3 is 11.1 Å². The molecule has 0 aliphatic heterocycles. The number of hydrogen-bond acceptors (Lipinski definition) is 4. The first-order valence-corrected chi connectivity index (χ1v) is 6.18. The number of nitrogens with one attached hydrogen (secondary N) is 1. The van der Waals surface area contributed by atoms with E-state index in [-0.39, 0.29) is 21.0 Å². The molecule has 2 aromatic rings. The second-order valence-electron chi connectivity index (χ2n) is 3.51.